The minimum Gasteiger partial charge on any atom is -0.496 e. The summed E-state index contributed by atoms with van der Waals surface area (Å²) in [5.41, 5.74) is 1.16. The topological polar surface area (TPSA) is 41.9 Å². The van der Waals surface area contributed by atoms with Gasteiger partial charge in [-0.1, -0.05) is 24.3 Å². The van der Waals surface area contributed by atoms with Crippen LogP contribution in [-0.2, 0) is 11.3 Å². The van der Waals surface area contributed by atoms with Crippen LogP contribution in [0.4, 0.5) is 0 Å². The van der Waals surface area contributed by atoms with Crippen LogP contribution in [0.5, 0.6) is 5.75 Å². The van der Waals surface area contributed by atoms with Gasteiger partial charge in [-0.25, -0.2) is 0 Å². The molecule has 1 aliphatic carbocycles. The van der Waals surface area contributed by atoms with Crippen molar-refractivity contribution in [3.63, 3.8) is 0 Å². The molecule has 0 aromatic heterocycles. The van der Waals surface area contributed by atoms with Crippen LogP contribution in [0.1, 0.15) is 18.4 Å². The molecule has 1 saturated carbocycles. The van der Waals surface area contributed by atoms with Crippen LogP contribution in [-0.4, -0.2) is 49.0 Å². The van der Waals surface area contributed by atoms with E-state index in [9.17, 15) is 5.11 Å². The number of aliphatic hydroxyl groups excluding tert-OH is 1. The van der Waals surface area contributed by atoms with Gasteiger partial charge in [-0.3, -0.25) is 4.90 Å². The lowest BCUT2D eigenvalue weighted by Gasteiger charge is -2.25. The van der Waals surface area contributed by atoms with Crippen molar-refractivity contribution in [3.05, 3.63) is 42.5 Å². The maximum absolute atomic E-state index is 10.1. The van der Waals surface area contributed by atoms with E-state index in [1.165, 1.54) is 12.8 Å². The first-order chi connectivity index (χ1) is 10.2. The van der Waals surface area contributed by atoms with Gasteiger partial charge >= 0.3 is 0 Å². The van der Waals surface area contributed by atoms with Gasteiger partial charge in [0.05, 0.1) is 26.4 Å². The van der Waals surface area contributed by atoms with E-state index in [0.717, 1.165) is 17.9 Å². The largest absolute Gasteiger partial charge is 0.496 e. The highest BCUT2D eigenvalue weighted by Crippen LogP contribution is 2.30. The summed E-state index contributed by atoms with van der Waals surface area (Å²) in [6.45, 7) is 5.85. The third-order valence-corrected chi connectivity index (χ3v) is 3.62. The molecule has 0 heterocycles. The molecule has 1 aromatic carbocycles. The van der Waals surface area contributed by atoms with Gasteiger partial charge in [-0.05, 0) is 18.9 Å². The highest BCUT2D eigenvalue weighted by molar-refractivity contribution is 5.33. The molecule has 0 radical (unpaired) electrons. The summed E-state index contributed by atoms with van der Waals surface area (Å²) in [6, 6.07) is 8.62. The van der Waals surface area contributed by atoms with Gasteiger partial charge in [0.2, 0.25) is 0 Å². The molecule has 1 N–H and O–H groups in total. The Balaban J connectivity index is 1.91. The summed E-state index contributed by atoms with van der Waals surface area (Å²) in [5.74, 6) is 0.903. The molecule has 1 aliphatic rings. The van der Waals surface area contributed by atoms with Crippen molar-refractivity contribution in [2.45, 2.75) is 31.5 Å². The Hall–Kier alpha value is -1.36. The molecule has 21 heavy (non-hydrogen) atoms. The van der Waals surface area contributed by atoms with Crippen molar-refractivity contribution in [3.8, 4) is 5.75 Å². The monoisotopic (exact) mass is 291 g/mol. The molecule has 2 rings (SSSR count). The van der Waals surface area contributed by atoms with Crippen LogP contribution < -0.4 is 4.74 Å². The van der Waals surface area contributed by atoms with Crippen molar-refractivity contribution in [2.75, 3.05) is 26.9 Å². The number of benzene rings is 1. The number of aliphatic hydroxyl groups is 1. The molecule has 0 aliphatic heterocycles. The highest BCUT2D eigenvalue weighted by atomic mass is 16.5. The van der Waals surface area contributed by atoms with Crippen molar-refractivity contribution in [1.29, 1.82) is 0 Å². The van der Waals surface area contributed by atoms with Crippen molar-refractivity contribution < 1.29 is 14.6 Å². The Morgan fingerprint density at radius 3 is 2.86 bits per heavy atom. The Bertz CT molecular complexity index is 445. The number of methoxy groups -OCH3 is 1. The minimum absolute atomic E-state index is 0.348. The van der Waals surface area contributed by atoms with E-state index in [1.54, 1.807) is 13.2 Å². The first kappa shape index (κ1) is 16.0. The van der Waals surface area contributed by atoms with Gasteiger partial charge in [0.25, 0.3) is 0 Å². The summed E-state index contributed by atoms with van der Waals surface area (Å²) >= 11 is 0. The second-order valence-corrected chi connectivity index (χ2v) is 5.45. The lowest BCUT2D eigenvalue weighted by Crippen LogP contribution is -2.36. The first-order valence-electron chi connectivity index (χ1n) is 7.47. The quantitative estimate of drug-likeness (QED) is 0.530. The number of rotatable bonds is 10. The van der Waals surface area contributed by atoms with Gasteiger partial charge in [-0.15, -0.1) is 6.58 Å². The lowest BCUT2D eigenvalue weighted by atomic mass is 10.1. The van der Waals surface area contributed by atoms with Crippen molar-refractivity contribution in [1.82, 2.24) is 4.90 Å². The van der Waals surface area contributed by atoms with E-state index in [1.807, 2.05) is 18.2 Å². The molecule has 0 saturated heterocycles. The predicted molar refractivity (Wildman–Crippen MR) is 83.4 cm³/mol. The summed E-state index contributed by atoms with van der Waals surface area (Å²) in [7, 11) is 1.69. The second kappa shape index (κ2) is 8.17. The van der Waals surface area contributed by atoms with Gasteiger partial charge < -0.3 is 14.6 Å². The molecule has 0 spiro atoms. The summed E-state index contributed by atoms with van der Waals surface area (Å²) < 4.78 is 10.7. The molecule has 116 valence electrons. The van der Waals surface area contributed by atoms with E-state index in [-0.39, 0.29) is 0 Å². The smallest absolute Gasteiger partial charge is 0.123 e. The molecule has 0 bridgehead atoms. The molecule has 0 amide bonds. The van der Waals surface area contributed by atoms with Crippen LogP contribution in [0, 0.1) is 0 Å². The average molecular weight is 291 g/mol. The summed E-state index contributed by atoms with van der Waals surface area (Å²) in [6.07, 6.45) is 3.63. The van der Waals surface area contributed by atoms with Crippen LogP contribution in [0.15, 0.2) is 36.9 Å². The van der Waals surface area contributed by atoms with Crippen LogP contribution in [0.3, 0.4) is 0 Å². The standard InChI is InChI=1S/C17H25NO3/c1-3-10-21-13-16(19)12-18(15-8-9-15)11-14-6-4-5-7-17(14)20-2/h3-7,15-16,19H,1,8-13H2,2H3. The van der Waals surface area contributed by atoms with E-state index in [2.05, 4.69) is 17.5 Å². The van der Waals surface area contributed by atoms with Crippen LogP contribution in [0.25, 0.3) is 0 Å². The zero-order chi connectivity index (χ0) is 15.1. The molecular formula is C17H25NO3. The van der Waals surface area contributed by atoms with E-state index < -0.39 is 6.10 Å². The fourth-order valence-corrected chi connectivity index (χ4v) is 2.45. The zero-order valence-electron chi connectivity index (χ0n) is 12.7. The Morgan fingerprint density at radius 1 is 1.43 bits per heavy atom. The fraction of sp³-hybridized carbons (Fsp3) is 0.529. The van der Waals surface area contributed by atoms with Crippen LogP contribution in [0.2, 0.25) is 0 Å². The predicted octanol–water partition coefficient (Wildman–Crippen LogP) is 2.22. The first-order valence-corrected chi connectivity index (χ1v) is 7.47. The minimum atomic E-state index is -0.472. The van der Waals surface area contributed by atoms with Crippen molar-refractivity contribution in [2.24, 2.45) is 0 Å². The average Bonchev–Trinajstić information content (AvgIpc) is 3.32. The van der Waals surface area contributed by atoms with Gasteiger partial charge in [0.15, 0.2) is 0 Å². The third kappa shape index (κ3) is 5.16. The summed E-state index contributed by atoms with van der Waals surface area (Å²) in [4.78, 5) is 2.32. The number of hydrogen-bond donors (Lipinski definition) is 1. The maximum Gasteiger partial charge on any atom is 0.123 e. The van der Waals surface area contributed by atoms with Gasteiger partial charge in [0, 0.05) is 24.7 Å². The van der Waals surface area contributed by atoms with Gasteiger partial charge in [-0.2, -0.15) is 0 Å². The molecule has 1 aromatic rings. The van der Waals surface area contributed by atoms with E-state index in [4.69, 9.17) is 9.47 Å². The second-order valence-electron chi connectivity index (χ2n) is 5.45. The van der Waals surface area contributed by atoms with Crippen molar-refractivity contribution >= 4 is 0 Å². The Kier molecular flexibility index (Phi) is 6.23. The lowest BCUT2D eigenvalue weighted by molar-refractivity contribution is 0.0226. The molecular weight excluding hydrogens is 266 g/mol. The van der Waals surface area contributed by atoms with Gasteiger partial charge in [0.1, 0.15) is 5.75 Å². The molecule has 4 nitrogen and oxygen atoms in total. The SMILES string of the molecule is C=CCOCC(O)CN(Cc1ccccc1OC)C1CC1. The summed E-state index contributed by atoms with van der Waals surface area (Å²) in [5, 5.41) is 10.1. The van der Waals surface area contributed by atoms with E-state index >= 15 is 0 Å². The Labute approximate surface area is 127 Å². The molecule has 1 fully saturated rings. The maximum atomic E-state index is 10.1. The van der Waals surface area contributed by atoms with E-state index in [0.29, 0.717) is 25.8 Å². The normalized spacial score (nSPS) is 16.0. The molecule has 1 atom stereocenters. The molecule has 4 heteroatoms. The zero-order valence-corrected chi connectivity index (χ0v) is 12.7. The highest BCUT2D eigenvalue weighted by Gasteiger charge is 2.30. The number of para-hydroxylation sites is 1. The number of ether oxygens (including phenoxy) is 2. The van der Waals surface area contributed by atoms with Crippen LogP contribution >= 0.6 is 0 Å². The number of nitrogens with zero attached hydrogens (tertiary/aromatic N) is 1. The number of hydrogen-bond acceptors (Lipinski definition) is 4. The fourth-order valence-electron chi connectivity index (χ4n) is 2.45. The molecule has 1 unspecified atom stereocenters. The Morgan fingerprint density at radius 2 is 2.19 bits per heavy atom. The third-order valence-electron chi connectivity index (χ3n) is 3.62.